The summed E-state index contributed by atoms with van der Waals surface area (Å²) in [5.74, 6) is -0.711. The number of halogens is 3. The molecule has 1 fully saturated rings. The summed E-state index contributed by atoms with van der Waals surface area (Å²) in [7, 11) is 0. The van der Waals surface area contributed by atoms with Crippen molar-refractivity contribution < 1.29 is 27.8 Å². The molecule has 1 amide bonds. The molecule has 1 aromatic carbocycles. The molecule has 0 spiro atoms. The number of amides is 1. The summed E-state index contributed by atoms with van der Waals surface area (Å²) in [6.45, 7) is 0.981. The highest BCUT2D eigenvalue weighted by atomic mass is 19.4. The van der Waals surface area contributed by atoms with Crippen LogP contribution in [0.1, 0.15) is 34.5 Å². The minimum Gasteiger partial charge on any atom is -0.383 e. The van der Waals surface area contributed by atoms with Crippen LogP contribution in [0, 0.1) is 5.92 Å². The molecule has 8 heteroatoms. The van der Waals surface area contributed by atoms with Crippen molar-refractivity contribution in [2.45, 2.75) is 24.6 Å². The van der Waals surface area contributed by atoms with Crippen molar-refractivity contribution in [2.24, 2.45) is 5.92 Å². The number of carbonyl (C=O) groups excluding carboxylic acids is 1. The minimum atomic E-state index is -4.56. The summed E-state index contributed by atoms with van der Waals surface area (Å²) in [6, 6.07) is 10.9. The summed E-state index contributed by atoms with van der Waals surface area (Å²) >= 11 is 0. The van der Waals surface area contributed by atoms with Crippen LogP contribution in [-0.2, 0) is 16.5 Å². The van der Waals surface area contributed by atoms with Crippen LogP contribution < -0.4 is 5.32 Å². The van der Waals surface area contributed by atoms with Gasteiger partial charge in [0.2, 0.25) is 0 Å². The van der Waals surface area contributed by atoms with E-state index < -0.39 is 23.4 Å². The van der Waals surface area contributed by atoms with Crippen molar-refractivity contribution in [1.82, 2.24) is 10.3 Å². The molecule has 1 atom stereocenters. The van der Waals surface area contributed by atoms with Crippen LogP contribution in [0.15, 0.2) is 48.7 Å². The summed E-state index contributed by atoms with van der Waals surface area (Å²) < 4.78 is 43.2. The molecule has 1 aromatic heterocycles. The molecule has 3 rings (SSSR count). The lowest BCUT2D eigenvalue weighted by atomic mass is 9.77. The number of hydrogen-bond acceptors (Lipinski definition) is 4. The molecular weight excluding hydrogens is 373 g/mol. The third-order valence-corrected chi connectivity index (χ3v) is 5.00. The molecular formula is C20H21F3N2O3. The van der Waals surface area contributed by atoms with Crippen LogP contribution in [0.3, 0.4) is 0 Å². The molecule has 28 heavy (non-hydrogen) atoms. The molecule has 150 valence electrons. The molecule has 2 heterocycles. The van der Waals surface area contributed by atoms with Gasteiger partial charge in [-0.2, -0.15) is 13.2 Å². The van der Waals surface area contributed by atoms with Crippen LogP contribution in [0.25, 0.3) is 0 Å². The number of pyridine rings is 1. The van der Waals surface area contributed by atoms with E-state index in [2.05, 4.69) is 10.3 Å². The van der Waals surface area contributed by atoms with Crippen LogP contribution >= 0.6 is 0 Å². The fraction of sp³-hybridized carbons (Fsp3) is 0.400. The number of hydrogen-bond donors (Lipinski definition) is 2. The maximum absolute atomic E-state index is 12.6. The number of ether oxygens (including phenoxy) is 1. The molecule has 2 aromatic rings. The first kappa shape index (κ1) is 20.3. The number of nitrogens with one attached hydrogen (secondary N) is 1. The second-order valence-electron chi connectivity index (χ2n) is 6.79. The van der Waals surface area contributed by atoms with Gasteiger partial charge < -0.3 is 15.2 Å². The normalized spacial score (nSPS) is 17.7. The number of aromatic nitrogens is 1. The van der Waals surface area contributed by atoms with E-state index in [0.717, 1.165) is 18.3 Å². The van der Waals surface area contributed by atoms with E-state index in [0.29, 0.717) is 31.6 Å². The summed E-state index contributed by atoms with van der Waals surface area (Å²) in [5, 5.41) is 14.1. The third kappa shape index (κ3) is 4.51. The van der Waals surface area contributed by atoms with Crippen LogP contribution in [0.5, 0.6) is 0 Å². The predicted octanol–water partition coefficient (Wildman–Crippen LogP) is 3.14. The number of benzene rings is 1. The van der Waals surface area contributed by atoms with Crippen LogP contribution in [0.2, 0.25) is 0 Å². The van der Waals surface area contributed by atoms with Gasteiger partial charge in [0.05, 0.1) is 12.1 Å². The lowest BCUT2D eigenvalue weighted by molar-refractivity contribution is -0.141. The van der Waals surface area contributed by atoms with E-state index in [-0.39, 0.29) is 18.0 Å². The monoisotopic (exact) mass is 394 g/mol. The quantitative estimate of drug-likeness (QED) is 0.817. The van der Waals surface area contributed by atoms with E-state index in [4.69, 9.17) is 4.74 Å². The Hall–Kier alpha value is -2.45. The van der Waals surface area contributed by atoms with Crippen molar-refractivity contribution in [3.05, 3.63) is 65.5 Å². The molecule has 1 aliphatic heterocycles. The maximum Gasteiger partial charge on any atom is 0.433 e. The molecule has 2 N–H and O–H groups in total. The summed E-state index contributed by atoms with van der Waals surface area (Å²) in [6.07, 6.45) is -2.40. The number of alkyl halides is 3. The SMILES string of the molecule is O=C(NC[C@](O)(c1ccccc1)C1CCOCC1)c1ccc(C(F)(F)F)nc1. The Morgan fingerprint density at radius 3 is 2.39 bits per heavy atom. The Bertz CT molecular complexity index is 791. The van der Waals surface area contributed by atoms with Gasteiger partial charge in [0.15, 0.2) is 0 Å². The number of nitrogens with zero attached hydrogens (tertiary/aromatic N) is 1. The first-order chi connectivity index (χ1) is 13.3. The molecule has 0 aliphatic carbocycles. The van der Waals surface area contributed by atoms with E-state index in [1.54, 1.807) is 24.3 Å². The number of aliphatic hydroxyl groups is 1. The molecule has 0 unspecified atom stereocenters. The average molecular weight is 394 g/mol. The molecule has 1 saturated heterocycles. The Morgan fingerprint density at radius 1 is 1.14 bits per heavy atom. The van der Waals surface area contributed by atoms with Gasteiger partial charge in [0, 0.05) is 19.4 Å². The van der Waals surface area contributed by atoms with Gasteiger partial charge >= 0.3 is 6.18 Å². The smallest absolute Gasteiger partial charge is 0.383 e. The minimum absolute atomic E-state index is 0.00427. The second kappa shape index (κ2) is 8.28. The first-order valence-corrected chi connectivity index (χ1v) is 8.98. The maximum atomic E-state index is 12.6. The molecule has 1 aliphatic rings. The van der Waals surface area contributed by atoms with Gasteiger partial charge in [-0.05, 0) is 36.5 Å². The van der Waals surface area contributed by atoms with Gasteiger partial charge in [-0.1, -0.05) is 30.3 Å². The Kier molecular flexibility index (Phi) is 6.00. The zero-order chi connectivity index (χ0) is 20.2. The fourth-order valence-corrected chi connectivity index (χ4v) is 3.40. The zero-order valence-electron chi connectivity index (χ0n) is 15.1. The highest BCUT2D eigenvalue weighted by Crippen LogP contribution is 2.35. The van der Waals surface area contributed by atoms with Gasteiger partial charge in [-0.25, -0.2) is 0 Å². The van der Waals surface area contributed by atoms with Crippen molar-refractivity contribution in [3.8, 4) is 0 Å². The number of rotatable bonds is 5. The largest absolute Gasteiger partial charge is 0.433 e. The topological polar surface area (TPSA) is 71.5 Å². The van der Waals surface area contributed by atoms with Gasteiger partial charge in [-0.3, -0.25) is 9.78 Å². The van der Waals surface area contributed by atoms with E-state index in [1.807, 2.05) is 6.07 Å². The fourth-order valence-electron chi connectivity index (χ4n) is 3.40. The van der Waals surface area contributed by atoms with Gasteiger partial charge in [0.1, 0.15) is 11.3 Å². The lowest BCUT2D eigenvalue weighted by Crippen LogP contribution is -2.47. The molecule has 5 nitrogen and oxygen atoms in total. The van der Waals surface area contributed by atoms with Gasteiger partial charge in [0.25, 0.3) is 5.91 Å². The van der Waals surface area contributed by atoms with Crippen molar-refractivity contribution in [2.75, 3.05) is 19.8 Å². The van der Waals surface area contributed by atoms with Crippen molar-refractivity contribution in [1.29, 1.82) is 0 Å². The standard InChI is InChI=1S/C20H21F3N2O3/c21-20(22,23)17-7-6-14(12-24-17)18(26)25-13-19(27,15-4-2-1-3-5-15)16-8-10-28-11-9-16/h1-7,12,16,27H,8-11,13H2,(H,25,26)/t19-/m0/s1. The summed E-state index contributed by atoms with van der Waals surface area (Å²) in [5.41, 5.74) is -1.70. The highest BCUT2D eigenvalue weighted by Gasteiger charge is 2.39. The van der Waals surface area contributed by atoms with Crippen LogP contribution in [0.4, 0.5) is 13.2 Å². The average Bonchev–Trinajstić information content (AvgIpc) is 2.72. The van der Waals surface area contributed by atoms with Crippen molar-refractivity contribution in [3.63, 3.8) is 0 Å². The summed E-state index contributed by atoms with van der Waals surface area (Å²) in [4.78, 5) is 15.7. The van der Waals surface area contributed by atoms with Gasteiger partial charge in [-0.15, -0.1) is 0 Å². The van der Waals surface area contributed by atoms with E-state index in [9.17, 15) is 23.1 Å². The lowest BCUT2D eigenvalue weighted by Gasteiger charge is -2.39. The zero-order valence-corrected chi connectivity index (χ0v) is 15.1. The molecule has 0 radical (unpaired) electrons. The highest BCUT2D eigenvalue weighted by molar-refractivity contribution is 5.93. The molecule has 0 bridgehead atoms. The first-order valence-electron chi connectivity index (χ1n) is 8.98. The molecule has 0 saturated carbocycles. The second-order valence-corrected chi connectivity index (χ2v) is 6.79. The van der Waals surface area contributed by atoms with E-state index in [1.165, 1.54) is 0 Å². The third-order valence-electron chi connectivity index (χ3n) is 5.00. The predicted molar refractivity (Wildman–Crippen MR) is 95.5 cm³/mol. The van der Waals surface area contributed by atoms with E-state index >= 15 is 0 Å². The Labute approximate surface area is 160 Å². The Morgan fingerprint density at radius 2 is 1.82 bits per heavy atom. The number of carbonyl (C=O) groups is 1. The Balaban J connectivity index is 1.75. The van der Waals surface area contributed by atoms with Crippen LogP contribution in [-0.4, -0.2) is 35.8 Å². The van der Waals surface area contributed by atoms with Crippen molar-refractivity contribution >= 4 is 5.91 Å².